The number of nitrogens with zero attached hydrogens (tertiary/aromatic N) is 6. The number of aryl methyl sites for hydroxylation is 1. The summed E-state index contributed by atoms with van der Waals surface area (Å²) >= 11 is 12.7. The summed E-state index contributed by atoms with van der Waals surface area (Å²) in [6.07, 6.45) is 7.58. The molecule has 3 heterocycles. The van der Waals surface area contributed by atoms with Crippen LogP contribution in [0.4, 0.5) is 0 Å². The van der Waals surface area contributed by atoms with Crippen molar-refractivity contribution < 1.29 is 9.59 Å². The number of amides is 2. The molecule has 0 fully saturated rings. The van der Waals surface area contributed by atoms with E-state index in [-0.39, 0.29) is 12.3 Å². The van der Waals surface area contributed by atoms with E-state index in [2.05, 4.69) is 41.1 Å². The SMILES string of the molecule is Cc1ccc(-c2nc([C@H](CC(=O)NCc3ccncc3)NC(=O)/C=C/c3cc(Cl)ccc3-n3cnnn3)[nH]c2Cl)cc1. The van der Waals surface area contributed by atoms with Gasteiger partial charge in [0.05, 0.1) is 18.2 Å². The minimum atomic E-state index is -0.811. The molecular weight excluding hydrogens is 577 g/mol. The van der Waals surface area contributed by atoms with Crippen molar-refractivity contribution in [3.8, 4) is 16.9 Å². The van der Waals surface area contributed by atoms with Crippen molar-refractivity contribution in [3.05, 3.63) is 112 Å². The minimum Gasteiger partial charge on any atom is -0.352 e. The average molecular weight is 602 g/mol. The van der Waals surface area contributed by atoms with Crippen LogP contribution in [0.3, 0.4) is 0 Å². The van der Waals surface area contributed by atoms with E-state index in [9.17, 15) is 9.59 Å². The Morgan fingerprint density at radius 3 is 2.60 bits per heavy atom. The summed E-state index contributed by atoms with van der Waals surface area (Å²) in [4.78, 5) is 37.8. The van der Waals surface area contributed by atoms with Gasteiger partial charge in [0.1, 0.15) is 23.0 Å². The maximum atomic E-state index is 13.2. The highest BCUT2D eigenvalue weighted by Gasteiger charge is 2.23. The molecule has 3 N–H and O–H groups in total. The van der Waals surface area contributed by atoms with Gasteiger partial charge in [-0.25, -0.2) is 4.98 Å². The van der Waals surface area contributed by atoms with E-state index in [1.807, 2.05) is 43.3 Å². The fourth-order valence-corrected chi connectivity index (χ4v) is 4.56. The van der Waals surface area contributed by atoms with Crippen molar-refractivity contribution in [1.29, 1.82) is 0 Å². The first-order valence-corrected chi connectivity index (χ1v) is 13.6. The van der Waals surface area contributed by atoms with E-state index in [1.165, 1.54) is 17.1 Å². The summed E-state index contributed by atoms with van der Waals surface area (Å²) in [6, 6.07) is 15.7. The van der Waals surface area contributed by atoms with Crippen LogP contribution in [0.15, 0.2) is 79.4 Å². The Hall–Kier alpha value is -4.87. The number of H-pyrrole nitrogens is 1. The van der Waals surface area contributed by atoms with Crippen molar-refractivity contribution in [3.63, 3.8) is 0 Å². The number of carbonyl (C=O) groups excluding carboxylic acids is 2. The van der Waals surface area contributed by atoms with Crippen LogP contribution in [0.5, 0.6) is 0 Å². The smallest absolute Gasteiger partial charge is 0.244 e. The van der Waals surface area contributed by atoms with E-state index in [0.717, 1.165) is 16.7 Å². The topological polar surface area (TPSA) is 143 Å². The van der Waals surface area contributed by atoms with Crippen LogP contribution in [0.2, 0.25) is 10.2 Å². The number of pyridine rings is 1. The summed E-state index contributed by atoms with van der Waals surface area (Å²) in [6.45, 7) is 2.30. The second-order valence-electron chi connectivity index (χ2n) is 9.34. The van der Waals surface area contributed by atoms with E-state index in [0.29, 0.717) is 39.5 Å². The number of aromatic amines is 1. The monoisotopic (exact) mass is 601 g/mol. The van der Waals surface area contributed by atoms with Gasteiger partial charge >= 0.3 is 0 Å². The second-order valence-corrected chi connectivity index (χ2v) is 10.2. The molecule has 13 heteroatoms. The molecule has 0 aliphatic rings. The Morgan fingerprint density at radius 1 is 1.07 bits per heavy atom. The van der Waals surface area contributed by atoms with Crippen molar-refractivity contribution >= 4 is 41.1 Å². The van der Waals surface area contributed by atoms with Crippen LogP contribution in [0.25, 0.3) is 23.0 Å². The number of hydrogen-bond donors (Lipinski definition) is 3. The van der Waals surface area contributed by atoms with E-state index in [1.54, 1.807) is 36.7 Å². The molecule has 0 aliphatic heterocycles. The van der Waals surface area contributed by atoms with Gasteiger partial charge in [0.2, 0.25) is 11.8 Å². The van der Waals surface area contributed by atoms with E-state index in [4.69, 9.17) is 23.2 Å². The third kappa shape index (κ3) is 7.25. The predicted octanol–water partition coefficient (Wildman–Crippen LogP) is 4.64. The molecule has 0 aliphatic carbocycles. The van der Waals surface area contributed by atoms with Gasteiger partial charge in [0.15, 0.2) is 0 Å². The number of tetrazole rings is 1. The highest BCUT2D eigenvalue weighted by atomic mass is 35.5. The Bertz CT molecular complexity index is 1700. The van der Waals surface area contributed by atoms with Crippen LogP contribution in [0, 0.1) is 6.92 Å². The fraction of sp³-hybridized carbons (Fsp3) is 0.138. The van der Waals surface area contributed by atoms with Crippen LogP contribution < -0.4 is 10.6 Å². The zero-order chi connectivity index (χ0) is 29.5. The van der Waals surface area contributed by atoms with Gasteiger partial charge in [-0.15, -0.1) is 5.10 Å². The summed E-state index contributed by atoms with van der Waals surface area (Å²) in [5.41, 5.74) is 4.54. The van der Waals surface area contributed by atoms with Gasteiger partial charge in [0.25, 0.3) is 0 Å². The van der Waals surface area contributed by atoms with Gasteiger partial charge < -0.3 is 15.6 Å². The Balaban J connectivity index is 1.37. The van der Waals surface area contributed by atoms with Crippen molar-refractivity contribution in [1.82, 2.24) is 45.8 Å². The van der Waals surface area contributed by atoms with E-state index >= 15 is 0 Å². The predicted molar refractivity (Wildman–Crippen MR) is 159 cm³/mol. The summed E-state index contributed by atoms with van der Waals surface area (Å²) in [5.74, 6) is -0.413. The van der Waals surface area contributed by atoms with Crippen molar-refractivity contribution in [2.24, 2.45) is 0 Å². The van der Waals surface area contributed by atoms with E-state index < -0.39 is 11.9 Å². The standard InChI is InChI=1S/C29H25Cl2N9O2/c1-18-2-4-20(5-3-18)27-28(31)37-29(36-27)23(15-26(42)33-16-19-10-12-32-13-11-19)35-25(41)9-6-21-14-22(30)7-8-24(21)40-17-34-38-39-40/h2-14,17,23H,15-16H2,1H3,(H,33,42)(H,35,41)(H,36,37)/b9-6+/t23-/m0/s1. The summed E-state index contributed by atoms with van der Waals surface area (Å²) < 4.78 is 1.46. The lowest BCUT2D eigenvalue weighted by atomic mass is 10.1. The first kappa shape index (κ1) is 28.7. The molecule has 0 spiro atoms. The first-order valence-electron chi connectivity index (χ1n) is 12.9. The zero-order valence-corrected chi connectivity index (χ0v) is 23.8. The molecule has 0 saturated carbocycles. The van der Waals surface area contributed by atoms with Crippen LogP contribution >= 0.6 is 23.2 Å². The number of halogens is 2. The fourth-order valence-electron chi connectivity index (χ4n) is 4.14. The molecule has 0 saturated heterocycles. The van der Waals surface area contributed by atoms with Gasteiger partial charge in [-0.1, -0.05) is 53.0 Å². The highest BCUT2D eigenvalue weighted by molar-refractivity contribution is 6.32. The number of rotatable bonds is 10. The van der Waals surface area contributed by atoms with Crippen LogP contribution in [-0.4, -0.2) is 47.0 Å². The maximum Gasteiger partial charge on any atom is 0.244 e. The molecular formula is C29H25Cl2N9O2. The van der Waals surface area contributed by atoms with Crippen LogP contribution in [0.1, 0.15) is 35.0 Å². The lowest BCUT2D eigenvalue weighted by Gasteiger charge is -2.16. The maximum absolute atomic E-state index is 13.2. The van der Waals surface area contributed by atoms with Gasteiger partial charge in [0, 0.05) is 41.2 Å². The number of imidazole rings is 1. The number of benzene rings is 2. The molecule has 3 aromatic heterocycles. The Kier molecular flexibility index (Phi) is 9.00. The summed E-state index contributed by atoms with van der Waals surface area (Å²) in [7, 11) is 0. The Morgan fingerprint density at radius 2 is 1.86 bits per heavy atom. The normalized spacial score (nSPS) is 11.9. The molecule has 42 heavy (non-hydrogen) atoms. The largest absolute Gasteiger partial charge is 0.352 e. The minimum absolute atomic E-state index is 0.0884. The zero-order valence-electron chi connectivity index (χ0n) is 22.3. The second kappa shape index (κ2) is 13.2. The number of nitrogens with one attached hydrogen (secondary N) is 3. The molecule has 0 bridgehead atoms. The van der Waals surface area contributed by atoms with Gasteiger partial charge in [-0.2, -0.15) is 4.68 Å². The summed E-state index contributed by atoms with van der Waals surface area (Å²) in [5, 5.41) is 17.8. The molecule has 212 valence electrons. The molecule has 0 radical (unpaired) electrons. The molecule has 1 atom stereocenters. The third-order valence-corrected chi connectivity index (χ3v) is 6.79. The molecule has 5 aromatic rings. The van der Waals surface area contributed by atoms with Crippen molar-refractivity contribution in [2.45, 2.75) is 25.9 Å². The number of aromatic nitrogens is 7. The van der Waals surface area contributed by atoms with Gasteiger partial charge in [-0.05, 0) is 59.3 Å². The number of hydrogen-bond acceptors (Lipinski definition) is 7. The molecule has 0 unspecified atom stereocenters. The highest BCUT2D eigenvalue weighted by Crippen LogP contribution is 2.29. The number of carbonyl (C=O) groups is 2. The molecule has 5 rings (SSSR count). The first-order chi connectivity index (χ1) is 20.4. The van der Waals surface area contributed by atoms with Gasteiger partial charge in [-0.3, -0.25) is 14.6 Å². The van der Waals surface area contributed by atoms with Crippen molar-refractivity contribution in [2.75, 3.05) is 0 Å². The quantitative estimate of drug-likeness (QED) is 0.198. The lowest BCUT2D eigenvalue weighted by Crippen LogP contribution is -2.33. The Labute approximate surface area is 251 Å². The van der Waals surface area contributed by atoms with Crippen LogP contribution in [-0.2, 0) is 16.1 Å². The average Bonchev–Trinajstić information content (AvgIpc) is 3.66. The molecule has 11 nitrogen and oxygen atoms in total. The molecule has 2 amide bonds. The molecule has 2 aromatic carbocycles. The third-order valence-electron chi connectivity index (χ3n) is 6.28. The lowest BCUT2D eigenvalue weighted by molar-refractivity contribution is -0.122.